The van der Waals surface area contributed by atoms with Crippen LogP contribution in [0.4, 0.5) is 0 Å². The molecule has 0 radical (unpaired) electrons. The van der Waals surface area contributed by atoms with Crippen molar-refractivity contribution < 1.29 is 59.1 Å². The Kier molecular flexibility index (Phi) is 60.4. The zero-order valence-electron chi connectivity index (χ0n) is 3.52. The molecule has 0 saturated heterocycles. The molecule has 2 nitrogen and oxygen atoms in total. The second kappa shape index (κ2) is 18.6. The van der Waals surface area contributed by atoms with E-state index >= 15 is 0 Å². The van der Waals surface area contributed by atoms with Crippen LogP contribution in [-0.2, 0) is 0 Å². The van der Waals surface area contributed by atoms with Gasteiger partial charge in [-0.3, -0.25) is 0 Å². The number of nitriles is 1. The van der Waals surface area contributed by atoms with E-state index in [0.29, 0.717) is 0 Å². The van der Waals surface area contributed by atoms with Crippen LogP contribution in [-0.4, -0.2) is 0 Å². The van der Waals surface area contributed by atoms with Gasteiger partial charge in [-0.25, -0.2) is 0 Å². The normalized spacial score (nSPS) is 1.40. The topological polar surface area (TPSA) is 49.8 Å². The van der Waals surface area contributed by atoms with Gasteiger partial charge in [0.1, 0.15) is 0 Å². The Hall–Kier alpha value is 1.29. The molecule has 0 fully saturated rings. The predicted molar refractivity (Wildman–Crippen MR) is 9.80 cm³/mol. The van der Waals surface area contributed by atoms with E-state index in [9.17, 15) is 0 Å². The Morgan fingerprint density at radius 2 is 1.40 bits per heavy atom. The van der Waals surface area contributed by atoms with Crippen LogP contribution < -0.4 is 64.8 Å². The summed E-state index contributed by atoms with van der Waals surface area (Å²) >= 11 is 0. The zero-order chi connectivity index (χ0) is 2.71. The molecule has 0 heterocycles. The second-order valence-electron chi connectivity index (χ2n) is 0.129. The molecule has 0 aliphatic carbocycles. The summed E-state index contributed by atoms with van der Waals surface area (Å²) in [5, 5.41) is 7.10. The molecule has 5 heavy (non-hydrogen) atoms. The molecule has 0 spiro atoms. The van der Waals surface area contributed by atoms with Gasteiger partial charge >= 0.3 is 59.1 Å². The Morgan fingerprint density at radius 1 is 1.40 bits per heavy atom. The molecule has 0 atom stereocenters. The van der Waals surface area contributed by atoms with Crippen molar-refractivity contribution in [3.63, 3.8) is 0 Å². The van der Waals surface area contributed by atoms with Crippen molar-refractivity contribution >= 4 is 0 Å². The van der Waals surface area contributed by atoms with Crippen LogP contribution in [0.1, 0.15) is 0 Å². The van der Waals surface area contributed by atoms with Crippen LogP contribution in [0.15, 0.2) is 0 Å². The maximum Gasteiger partial charge on any atom is 1.00 e. The fraction of sp³-hybridized carbons (Fsp3) is 0. The molecule has 0 amide bonds. The minimum Gasteiger partial charge on any atom is -0.337 e. The van der Waals surface area contributed by atoms with E-state index in [0.717, 1.165) is 0 Å². The molecule has 0 aromatic rings. The molecular formula is CH2N2Na2+2. The van der Waals surface area contributed by atoms with E-state index in [4.69, 9.17) is 5.26 Å². The van der Waals surface area contributed by atoms with Crippen LogP contribution >= 0.6 is 0 Å². The summed E-state index contributed by atoms with van der Waals surface area (Å²) in [5.41, 5.74) is 4.15. The molecule has 0 aliphatic heterocycles. The Morgan fingerprint density at radius 3 is 1.40 bits per heavy atom. The summed E-state index contributed by atoms with van der Waals surface area (Å²) in [7, 11) is 0. The van der Waals surface area contributed by atoms with Crippen molar-refractivity contribution in [3.05, 3.63) is 0 Å². The molecule has 0 unspecified atom stereocenters. The van der Waals surface area contributed by atoms with Crippen molar-refractivity contribution in [1.29, 1.82) is 5.26 Å². The molecular weight excluding hydrogens is 86.0 g/mol. The minimum absolute atomic E-state index is 0. The molecule has 0 rings (SSSR count). The molecule has 2 N–H and O–H groups in total. The van der Waals surface area contributed by atoms with E-state index < -0.39 is 0 Å². The number of rotatable bonds is 0. The summed E-state index contributed by atoms with van der Waals surface area (Å²) in [6, 6.07) is 0. The Balaban J connectivity index is -0.0000000200. The molecule has 0 bridgehead atoms. The summed E-state index contributed by atoms with van der Waals surface area (Å²) < 4.78 is 0. The third kappa shape index (κ3) is 34.4. The summed E-state index contributed by atoms with van der Waals surface area (Å²) in [6.07, 6.45) is 1.25. The average Bonchev–Trinajstić information content (AvgIpc) is 0.918. The van der Waals surface area contributed by atoms with E-state index in [2.05, 4.69) is 5.73 Å². The number of hydrogen-bond donors (Lipinski definition) is 1. The average molecular weight is 88.0 g/mol. The maximum atomic E-state index is 7.10. The van der Waals surface area contributed by atoms with Gasteiger partial charge in [0.2, 0.25) is 0 Å². The first-order chi connectivity index (χ1) is 1.41. The smallest absolute Gasteiger partial charge is 0.337 e. The van der Waals surface area contributed by atoms with Crippen molar-refractivity contribution in [2.75, 3.05) is 0 Å². The number of nitrogens with two attached hydrogens (primary N) is 1. The molecule has 0 aliphatic rings. The predicted octanol–water partition coefficient (Wildman–Crippen LogP) is -6.57. The van der Waals surface area contributed by atoms with Gasteiger partial charge in [-0.05, 0) is 0 Å². The standard InChI is InChI=1S/CH2N2.2Na/c2-1-3;;/h2H2;;/q;2*+1. The molecule has 0 aromatic carbocycles. The number of nitrogens with zero attached hydrogens (tertiary/aromatic N) is 1. The summed E-state index contributed by atoms with van der Waals surface area (Å²) in [5.74, 6) is 0. The molecule has 0 saturated carbocycles. The van der Waals surface area contributed by atoms with Gasteiger partial charge in [-0.1, -0.05) is 0 Å². The van der Waals surface area contributed by atoms with Gasteiger partial charge in [0.05, 0.1) is 0 Å². The van der Waals surface area contributed by atoms with Crippen molar-refractivity contribution in [3.8, 4) is 6.19 Å². The third-order valence-electron chi connectivity index (χ3n) is 0. The van der Waals surface area contributed by atoms with Crippen LogP contribution in [0, 0.1) is 11.5 Å². The van der Waals surface area contributed by atoms with Gasteiger partial charge in [-0.2, -0.15) is 5.26 Å². The minimum atomic E-state index is 0. The third-order valence-corrected chi connectivity index (χ3v) is 0. The first-order valence-electron chi connectivity index (χ1n) is 0.512. The SMILES string of the molecule is N#CN.[Na+].[Na+]. The molecule has 16 valence electrons. The van der Waals surface area contributed by atoms with Gasteiger partial charge in [0, 0.05) is 0 Å². The van der Waals surface area contributed by atoms with Crippen LogP contribution in [0.3, 0.4) is 0 Å². The van der Waals surface area contributed by atoms with E-state index in [1.807, 2.05) is 0 Å². The first kappa shape index (κ1) is 16.3. The fourth-order valence-corrected chi connectivity index (χ4v) is 0. The fourth-order valence-electron chi connectivity index (χ4n) is 0. The zero-order valence-corrected chi connectivity index (χ0v) is 7.52. The van der Waals surface area contributed by atoms with Crippen molar-refractivity contribution in [1.82, 2.24) is 0 Å². The van der Waals surface area contributed by atoms with Gasteiger partial charge in [-0.15, -0.1) is 0 Å². The van der Waals surface area contributed by atoms with Gasteiger partial charge < -0.3 is 5.73 Å². The molecule has 0 aromatic heterocycles. The van der Waals surface area contributed by atoms with Gasteiger partial charge in [0.15, 0.2) is 6.19 Å². The van der Waals surface area contributed by atoms with E-state index in [-0.39, 0.29) is 59.1 Å². The quantitative estimate of drug-likeness (QED) is 0.182. The van der Waals surface area contributed by atoms with Crippen LogP contribution in [0.5, 0.6) is 0 Å². The molecule has 4 heteroatoms. The van der Waals surface area contributed by atoms with E-state index in [1.165, 1.54) is 6.19 Å². The first-order valence-corrected chi connectivity index (χ1v) is 0.512. The van der Waals surface area contributed by atoms with Crippen LogP contribution in [0.2, 0.25) is 0 Å². The van der Waals surface area contributed by atoms with Crippen molar-refractivity contribution in [2.45, 2.75) is 0 Å². The van der Waals surface area contributed by atoms with E-state index in [1.54, 1.807) is 0 Å². The largest absolute Gasteiger partial charge is 1.00 e. The number of hydrogen-bond acceptors (Lipinski definition) is 2. The Labute approximate surface area is 75.3 Å². The Bertz CT molecular complexity index is 29.1. The van der Waals surface area contributed by atoms with Gasteiger partial charge in [0.25, 0.3) is 0 Å². The summed E-state index contributed by atoms with van der Waals surface area (Å²) in [6.45, 7) is 0. The van der Waals surface area contributed by atoms with Crippen LogP contribution in [0.25, 0.3) is 0 Å². The monoisotopic (exact) mass is 88.0 g/mol. The second-order valence-corrected chi connectivity index (χ2v) is 0.129. The van der Waals surface area contributed by atoms with Crippen molar-refractivity contribution in [2.24, 2.45) is 5.73 Å². The summed E-state index contributed by atoms with van der Waals surface area (Å²) in [4.78, 5) is 0. The maximum absolute atomic E-state index is 7.10.